The Bertz CT molecular complexity index is 1580. The van der Waals surface area contributed by atoms with E-state index in [2.05, 4.69) is 14.8 Å². The number of nitrogens with zero attached hydrogens (tertiary/aromatic N) is 1. The number of halogens is 3. The largest absolute Gasteiger partial charge is 0.573 e. The first kappa shape index (κ1) is 27.6. The van der Waals surface area contributed by atoms with E-state index in [1.165, 1.54) is 10.4 Å². The normalized spacial score (nSPS) is 23.3. The maximum absolute atomic E-state index is 13.8. The van der Waals surface area contributed by atoms with E-state index in [1.54, 1.807) is 30.3 Å². The lowest BCUT2D eigenvalue weighted by atomic mass is 9.97. The summed E-state index contributed by atoms with van der Waals surface area (Å²) in [7, 11) is -8.40. The minimum Gasteiger partial charge on any atom is -0.406 e. The molecule has 3 atom stereocenters. The van der Waals surface area contributed by atoms with Gasteiger partial charge >= 0.3 is 6.36 Å². The Kier molecular flexibility index (Phi) is 7.20. The fourth-order valence-corrected chi connectivity index (χ4v) is 7.95. The summed E-state index contributed by atoms with van der Waals surface area (Å²) in [4.78, 5) is -0.275. The molecule has 0 bridgehead atoms. The van der Waals surface area contributed by atoms with E-state index in [-0.39, 0.29) is 29.4 Å². The molecule has 0 radical (unpaired) electrons. The third kappa shape index (κ3) is 5.53. The zero-order valence-electron chi connectivity index (χ0n) is 20.2. The summed E-state index contributed by atoms with van der Waals surface area (Å²) < 4.78 is 98.2. The summed E-state index contributed by atoms with van der Waals surface area (Å²) in [6, 6.07) is 15.2. The van der Waals surface area contributed by atoms with Gasteiger partial charge < -0.3 is 15.2 Å². The molecule has 9 nitrogen and oxygen atoms in total. The highest BCUT2D eigenvalue weighted by atomic mass is 32.2. The van der Waals surface area contributed by atoms with Gasteiger partial charge in [-0.1, -0.05) is 42.5 Å². The zero-order chi connectivity index (χ0) is 28.0. The van der Waals surface area contributed by atoms with Gasteiger partial charge in [0.25, 0.3) is 0 Å². The number of hydrogen-bond acceptors (Lipinski definition) is 7. The molecule has 3 aromatic carbocycles. The molecule has 14 heteroatoms. The van der Waals surface area contributed by atoms with Crippen LogP contribution in [0.2, 0.25) is 0 Å². The number of rotatable bonds is 5. The van der Waals surface area contributed by atoms with Gasteiger partial charge in [-0.15, -0.1) is 13.2 Å². The SMILES string of the molecule is O=S(=O)(N[C@@H]1CNC[C@H](N2Cc3ccccc3-c3ccccc3S2(=O)=O)[C@H]1O)c1ccc(OC(F)(F)F)cc1. The molecule has 0 aliphatic carbocycles. The highest BCUT2D eigenvalue weighted by molar-refractivity contribution is 7.89. The maximum Gasteiger partial charge on any atom is 0.573 e. The molecule has 39 heavy (non-hydrogen) atoms. The molecule has 3 aromatic rings. The second kappa shape index (κ2) is 10.2. The van der Waals surface area contributed by atoms with E-state index in [0.29, 0.717) is 5.56 Å². The number of sulfonamides is 2. The van der Waals surface area contributed by atoms with Crippen molar-refractivity contribution in [3.63, 3.8) is 0 Å². The smallest absolute Gasteiger partial charge is 0.406 e. The molecule has 1 fully saturated rings. The number of aliphatic hydroxyl groups excluding tert-OH is 1. The van der Waals surface area contributed by atoms with Crippen molar-refractivity contribution in [1.29, 1.82) is 0 Å². The molecule has 0 spiro atoms. The Balaban J connectivity index is 1.42. The highest BCUT2D eigenvalue weighted by Crippen LogP contribution is 2.38. The summed E-state index contributed by atoms with van der Waals surface area (Å²) >= 11 is 0. The van der Waals surface area contributed by atoms with E-state index in [9.17, 15) is 35.1 Å². The van der Waals surface area contributed by atoms with Gasteiger partial charge in [-0.25, -0.2) is 21.6 Å². The molecule has 2 aliphatic heterocycles. The molecule has 208 valence electrons. The standard InChI is InChI=1S/C25H24F3N3O6S2/c26-25(27,28)37-17-9-11-18(12-10-17)38(33,34)30-21-13-29-14-22(24(21)32)31-15-16-5-1-2-6-19(16)20-7-3-4-8-23(20)39(31,35)36/h1-12,21-22,24,29-30,32H,13-15H2/t21-,22+,24+/m1/s1. The van der Waals surface area contributed by atoms with Crippen molar-refractivity contribution in [2.24, 2.45) is 0 Å². The summed E-state index contributed by atoms with van der Waals surface area (Å²) in [5.74, 6) is -0.590. The summed E-state index contributed by atoms with van der Waals surface area (Å²) in [5.41, 5.74) is 2.00. The van der Waals surface area contributed by atoms with Crippen LogP contribution < -0.4 is 14.8 Å². The molecule has 0 saturated carbocycles. The Morgan fingerprint density at radius 3 is 2.28 bits per heavy atom. The van der Waals surface area contributed by atoms with Crippen LogP contribution in [0.25, 0.3) is 11.1 Å². The van der Waals surface area contributed by atoms with E-state index in [0.717, 1.165) is 35.4 Å². The lowest BCUT2D eigenvalue weighted by Crippen LogP contribution is -2.65. The number of ether oxygens (including phenoxy) is 1. The second-order valence-corrected chi connectivity index (χ2v) is 12.7. The van der Waals surface area contributed by atoms with Crippen molar-refractivity contribution in [3.05, 3.63) is 78.4 Å². The molecular weight excluding hydrogens is 559 g/mol. The van der Waals surface area contributed by atoms with Gasteiger partial charge in [0.1, 0.15) is 5.75 Å². The minimum absolute atomic E-state index is 0.00672. The predicted octanol–water partition coefficient (Wildman–Crippen LogP) is 2.44. The summed E-state index contributed by atoms with van der Waals surface area (Å²) in [5, 5.41) is 14.3. The summed E-state index contributed by atoms with van der Waals surface area (Å²) in [6.45, 7) is 0.0103. The highest BCUT2D eigenvalue weighted by Gasteiger charge is 2.44. The minimum atomic E-state index is -4.93. The summed E-state index contributed by atoms with van der Waals surface area (Å²) in [6.07, 6.45) is -6.37. The Hall–Kier alpha value is -3.01. The van der Waals surface area contributed by atoms with Crippen molar-refractivity contribution in [1.82, 2.24) is 14.3 Å². The molecular formula is C25H24F3N3O6S2. The average Bonchev–Trinajstić information content (AvgIpc) is 2.97. The van der Waals surface area contributed by atoms with Crippen LogP contribution in [0.4, 0.5) is 13.2 Å². The van der Waals surface area contributed by atoms with Crippen LogP contribution in [0.5, 0.6) is 5.75 Å². The number of piperidine rings is 1. The van der Waals surface area contributed by atoms with Crippen molar-refractivity contribution < 1.29 is 39.9 Å². The molecule has 5 rings (SSSR count). The van der Waals surface area contributed by atoms with Gasteiger partial charge in [-0.05, 0) is 41.5 Å². The fraction of sp³-hybridized carbons (Fsp3) is 0.280. The average molecular weight is 584 g/mol. The van der Waals surface area contributed by atoms with Crippen molar-refractivity contribution in [2.75, 3.05) is 13.1 Å². The third-order valence-corrected chi connectivity index (χ3v) is 10.1. The Morgan fingerprint density at radius 1 is 0.949 bits per heavy atom. The van der Waals surface area contributed by atoms with E-state index >= 15 is 0 Å². The zero-order valence-corrected chi connectivity index (χ0v) is 21.8. The van der Waals surface area contributed by atoms with Crippen molar-refractivity contribution in [3.8, 4) is 16.9 Å². The van der Waals surface area contributed by atoms with Gasteiger partial charge in [-0.3, -0.25) is 0 Å². The Morgan fingerprint density at radius 2 is 1.59 bits per heavy atom. The van der Waals surface area contributed by atoms with Crippen LogP contribution in [0, 0.1) is 0 Å². The molecule has 0 amide bonds. The quantitative estimate of drug-likeness (QED) is 0.422. The van der Waals surface area contributed by atoms with E-state index in [1.807, 2.05) is 12.1 Å². The van der Waals surface area contributed by atoms with Crippen LogP contribution >= 0.6 is 0 Å². The van der Waals surface area contributed by atoms with Crippen LogP contribution in [-0.2, 0) is 26.6 Å². The van der Waals surface area contributed by atoms with Crippen LogP contribution in [-0.4, -0.2) is 63.9 Å². The van der Waals surface area contributed by atoms with Gasteiger partial charge in [0, 0.05) is 25.2 Å². The first-order chi connectivity index (χ1) is 18.4. The van der Waals surface area contributed by atoms with Gasteiger partial charge in [0.05, 0.1) is 28.0 Å². The van der Waals surface area contributed by atoms with Crippen LogP contribution in [0.1, 0.15) is 5.56 Å². The number of fused-ring (bicyclic) bond motifs is 3. The first-order valence-corrected chi connectivity index (χ1v) is 14.8. The van der Waals surface area contributed by atoms with E-state index in [4.69, 9.17) is 0 Å². The van der Waals surface area contributed by atoms with Crippen molar-refractivity contribution in [2.45, 2.75) is 40.9 Å². The Labute approximate surface area is 223 Å². The predicted molar refractivity (Wildman–Crippen MR) is 135 cm³/mol. The van der Waals surface area contributed by atoms with Gasteiger partial charge in [0.15, 0.2) is 0 Å². The van der Waals surface area contributed by atoms with E-state index < -0.39 is 50.3 Å². The number of alkyl halides is 3. The van der Waals surface area contributed by atoms with Gasteiger partial charge in [-0.2, -0.15) is 4.31 Å². The second-order valence-electron chi connectivity index (χ2n) is 9.17. The molecule has 0 aromatic heterocycles. The number of hydrogen-bond donors (Lipinski definition) is 3. The lowest BCUT2D eigenvalue weighted by Gasteiger charge is -2.40. The molecule has 2 heterocycles. The van der Waals surface area contributed by atoms with Crippen LogP contribution in [0.15, 0.2) is 82.6 Å². The number of nitrogens with one attached hydrogen (secondary N) is 2. The molecule has 1 saturated heterocycles. The lowest BCUT2D eigenvalue weighted by molar-refractivity contribution is -0.274. The fourth-order valence-electron chi connectivity index (χ4n) is 4.88. The monoisotopic (exact) mass is 583 g/mol. The molecule has 0 unspecified atom stereocenters. The topological polar surface area (TPSA) is 125 Å². The number of aliphatic hydroxyl groups is 1. The first-order valence-electron chi connectivity index (χ1n) is 11.8. The third-order valence-electron chi connectivity index (χ3n) is 6.68. The maximum atomic E-state index is 13.8. The number of benzene rings is 3. The van der Waals surface area contributed by atoms with Crippen LogP contribution in [0.3, 0.4) is 0 Å². The molecule has 2 aliphatic rings. The van der Waals surface area contributed by atoms with Crippen molar-refractivity contribution >= 4 is 20.0 Å². The molecule has 3 N–H and O–H groups in total. The van der Waals surface area contributed by atoms with Gasteiger partial charge in [0.2, 0.25) is 20.0 Å².